The molecule has 0 saturated heterocycles. The summed E-state index contributed by atoms with van der Waals surface area (Å²) < 4.78 is 11.1. The van der Waals surface area contributed by atoms with Gasteiger partial charge in [0.2, 0.25) is 6.10 Å². The van der Waals surface area contributed by atoms with Gasteiger partial charge in [-0.2, -0.15) is 5.10 Å². The number of amides is 1. The fourth-order valence-corrected chi connectivity index (χ4v) is 2.14. The maximum absolute atomic E-state index is 12.0. The van der Waals surface area contributed by atoms with E-state index in [9.17, 15) is 4.79 Å². The van der Waals surface area contributed by atoms with Crippen molar-refractivity contribution in [3.05, 3.63) is 59.7 Å². The highest BCUT2D eigenvalue weighted by Gasteiger charge is 2.26. The van der Waals surface area contributed by atoms with Crippen molar-refractivity contribution in [2.24, 2.45) is 5.10 Å². The van der Waals surface area contributed by atoms with Crippen LogP contribution in [0.25, 0.3) is 0 Å². The molecule has 5 nitrogen and oxygen atoms in total. The number of nitrogens with one attached hydrogen (secondary N) is 1. The van der Waals surface area contributed by atoms with Crippen molar-refractivity contribution in [3.8, 4) is 11.5 Å². The van der Waals surface area contributed by atoms with E-state index in [0.717, 1.165) is 11.1 Å². The Kier molecular flexibility index (Phi) is 4.05. The summed E-state index contributed by atoms with van der Waals surface area (Å²) in [4.78, 5) is 12.0. The number of hydrogen-bond donors (Lipinski definition) is 1. The summed E-state index contributed by atoms with van der Waals surface area (Å²) in [6, 6.07) is 15.1. The Balaban J connectivity index is 1.59. The normalized spacial score (nSPS) is 16.5. The van der Waals surface area contributed by atoms with Crippen LogP contribution in [0.15, 0.2) is 53.6 Å². The summed E-state index contributed by atoms with van der Waals surface area (Å²) in [6.07, 6.45) is 0.896. The van der Waals surface area contributed by atoms with Crippen LogP contribution < -0.4 is 14.9 Å². The Morgan fingerprint density at radius 3 is 2.86 bits per heavy atom. The van der Waals surface area contributed by atoms with Crippen molar-refractivity contribution in [1.29, 1.82) is 0 Å². The summed E-state index contributed by atoms with van der Waals surface area (Å²) in [6.45, 7) is 2.17. The van der Waals surface area contributed by atoms with E-state index >= 15 is 0 Å². The molecule has 2 aromatic carbocycles. The second-order valence-corrected chi connectivity index (χ2v) is 5.01. The molecule has 1 aliphatic rings. The summed E-state index contributed by atoms with van der Waals surface area (Å²) in [5.41, 5.74) is 4.53. The molecule has 1 atom stereocenters. The van der Waals surface area contributed by atoms with Gasteiger partial charge in [0.1, 0.15) is 6.61 Å². The summed E-state index contributed by atoms with van der Waals surface area (Å²) in [7, 11) is 0. The van der Waals surface area contributed by atoms with Gasteiger partial charge in [0.25, 0.3) is 5.91 Å². The lowest BCUT2D eigenvalue weighted by Crippen LogP contribution is -2.42. The number of aryl methyl sites for hydroxylation is 1. The van der Waals surface area contributed by atoms with Gasteiger partial charge in [-0.1, -0.05) is 42.0 Å². The second-order valence-electron chi connectivity index (χ2n) is 5.01. The molecule has 1 N–H and O–H groups in total. The van der Waals surface area contributed by atoms with E-state index in [1.54, 1.807) is 18.3 Å². The highest BCUT2D eigenvalue weighted by atomic mass is 16.6. The topological polar surface area (TPSA) is 59.9 Å². The zero-order chi connectivity index (χ0) is 15.4. The number of benzene rings is 2. The number of ether oxygens (including phenoxy) is 2. The number of para-hydroxylation sites is 2. The van der Waals surface area contributed by atoms with Crippen LogP contribution in [-0.2, 0) is 4.79 Å². The molecule has 3 rings (SSSR count). The van der Waals surface area contributed by atoms with E-state index < -0.39 is 6.10 Å². The van der Waals surface area contributed by atoms with Crippen molar-refractivity contribution >= 4 is 12.1 Å². The van der Waals surface area contributed by atoms with Gasteiger partial charge in [0.05, 0.1) is 6.21 Å². The van der Waals surface area contributed by atoms with Gasteiger partial charge in [-0.05, 0) is 24.6 Å². The SMILES string of the molecule is Cc1cccc(C=NNC(=O)C2COc3ccccc3O2)c1. The van der Waals surface area contributed by atoms with Crippen LogP contribution in [0.1, 0.15) is 11.1 Å². The number of carbonyl (C=O) groups excluding carboxylic acids is 1. The predicted molar refractivity (Wildman–Crippen MR) is 83.3 cm³/mol. The molecule has 22 heavy (non-hydrogen) atoms. The van der Waals surface area contributed by atoms with E-state index in [1.165, 1.54) is 0 Å². The van der Waals surface area contributed by atoms with Crippen LogP contribution in [-0.4, -0.2) is 24.8 Å². The Labute approximate surface area is 128 Å². The first-order valence-corrected chi connectivity index (χ1v) is 7.00. The monoisotopic (exact) mass is 296 g/mol. The second kappa shape index (κ2) is 6.30. The molecule has 1 heterocycles. The number of nitrogens with zero attached hydrogens (tertiary/aromatic N) is 1. The Morgan fingerprint density at radius 2 is 2.05 bits per heavy atom. The van der Waals surface area contributed by atoms with Gasteiger partial charge in [-0.15, -0.1) is 0 Å². The molecule has 0 saturated carbocycles. The maximum atomic E-state index is 12.0. The highest BCUT2D eigenvalue weighted by molar-refractivity contribution is 5.85. The molecule has 112 valence electrons. The molecule has 0 aromatic heterocycles. The van der Waals surface area contributed by atoms with Gasteiger partial charge >= 0.3 is 0 Å². The minimum Gasteiger partial charge on any atom is -0.485 e. The van der Waals surface area contributed by atoms with Crippen LogP contribution in [0.3, 0.4) is 0 Å². The summed E-state index contributed by atoms with van der Waals surface area (Å²) in [5.74, 6) is 0.879. The van der Waals surface area contributed by atoms with E-state index in [0.29, 0.717) is 11.5 Å². The minimum atomic E-state index is -0.704. The van der Waals surface area contributed by atoms with Crippen LogP contribution in [0.5, 0.6) is 11.5 Å². The summed E-state index contributed by atoms with van der Waals surface area (Å²) >= 11 is 0. The third-order valence-corrected chi connectivity index (χ3v) is 3.23. The van der Waals surface area contributed by atoms with Gasteiger partial charge in [0.15, 0.2) is 11.5 Å². The van der Waals surface area contributed by atoms with Gasteiger partial charge in [-0.25, -0.2) is 5.43 Å². The third-order valence-electron chi connectivity index (χ3n) is 3.23. The maximum Gasteiger partial charge on any atom is 0.284 e. The van der Waals surface area contributed by atoms with Crippen LogP contribution >= 0.6 is 0 Å². The average molecular weight is 296 g/mol. The van der Waals surface area contributed by atoms with E-state index in [2.05, 4.69) is 10.5 Å². The van der Waals surface area contributed by atoms with E-state index in [-0.39, 0.29) is 12.5 Å². The largest absolute Gasteiger partial charge is 0.485 e. The lowest BCUT2D eigenvalue weighted by Gasteiger charge is -2.24. The number of rotatable bonds is 3. The molecule has 0 bridgehead atoms. The standard InChI is InChI=1S/C17H16N2O3/c1-12-5-4-6-13(9-12)10-18-19-17(20)16-11-21-14-7-2-3-8-15(14)22-16/h2-10,16H,11H2,1H3,(H,19,20). The fourth-order valence-electron chi connectivity index (χ4n) is 2.14. The quantitative estimate of drug-likeness (QED) is 0.698. The van der Waals surface area contributed by atoms with Gasteiger partial charge < -0.3 is 9.47 Å². The van der Waals surface area contributed by atoms with Crippen molar-refractivity contribution in [2.45, 2.75) is 13.0 Å². The molecule has 0 radical (unpaired) electrons. The lowest BCUT2D eigenvalue weighted by atomic mass is 10.2. The lowest BCUT2D eigenvalue weighted by molar-refractivity contribution is -0.130. The first-order chi connectivity index (χ1) is 10.7. The van der Waals surface area contributed by atoms with Crippen LogP contribution in [0.4, 0.5) is 0 Å². The number of hydrogen-bond acceptors (Lipinski definition) is 4. The summed E-state index contributed by atoms with van der Waals surface area (Å²) in [5, 5.41) is 3.95. The number of carbonyl (C=O) groups is 1. The van der Waals surface area contributed by atoms with Crippen LogP contribution in [0, 0.1) is 6.92 Å². The van der Waals surface area contributed by atoms with Gasteiger partial charge in [0, 0.05) is 0 Å². The minimum absolute atomic E-state index is 0.169. The zero-order valence-electron chi connectivity index (χ0n) is 12.2. The Bertz CT molecular complexity index is 713. The first kappa shape index (κ1) is 14.1. The zero-order valence-corrected chi connectivity index (χ0v) is 12.2. The van der Waals surface area contributed by atoms with Crippen LogP contribution in [0.2, 0.25) is 0 Å². The molecule has 0 fully saturated rings. The highest BCUT2D eigenvalue weighted by Crippen LogP contribution is 2.30. The molecule has 5 heteroatoms. The third kappa shape index (κ3) is 3.25. The first-order valence-electron chi connectivity index (χ1n) is 7.00. The number of fused-ring (bicyclic) bond motifs is 1. The molecular formula is C17H16N2O3. The number of hydrazone groups is 1. The van der Waals surface area contributed by atoms with Crippen molar-refractivity contribution in [1.82, 2.24) is 5.43 Å². The van der Waals surface area contributed by atoms with E-state index in [4.69, 9.17) is 9.47 Å². The molecular weight excluding hydrogens is 280 g/mol. The van der Waals surface area contributed by atoms with Gasteiger partial charge in [-0.3, -0.25) is 4.79 Å². The molecule has 1 amide bonds. The molecule has 1 aliphatic heterocycles. The van der Waals surface area contributed by atoms with Crippen molar-refractivity contribution in [3.63, 3.8) is 0 Å². The smallest absolute Gasteiger partial charge is 0.284 e. The Morgan fingerprint density at radius 1 is 1.23 bits per heavy atom. The molecule has 0 spiro atoms. The Hall–Kier alpha value is -2.82. The fraction of sp³-hybridized carbons (Fsp3) is 0.176. The molecule has 0 aliphatic carbocycles. The van der Waals surface area contributed by atoms with E-state index in [1.807, 2.05) is 43.3 Å². The average Bonchev–Trinajstić information content (AvgIpc) is 2.54. The van der Waals surface area contributed by atoms with Crippen molar-refractivity contribution in [2.75, 3.05) is 6.61 Å². The van der Waals surface area contributed by atoms with Crippen molar-refractivity contribution < 1.29 is 14.3 Å². The predicted octanol–water partition coefficient (Wildman–Crippen LogP) is 2.29. The molecule has 1 unspecified atom stereocenters. The molecule has 2 aromatic rings.